The topological polar surface area (TPSA) is 89.4 Å². The van der Waals surface area contributed by atoms with E-state index < -0.39 is 10.0 Å². The van der Waals surface area contributed by atoms with Gasteiger partial charge in [0.25, 0.3) is 10.0 Å². The van der Waals surface area contributed by atoms with E-state index in [1.54, 1.807) is 55.5 Å². The number of sulfonamides is 1. The molecule has 3 aromatic rings. The molecule has 0 saturated heterocycles. The first-order chi connectivity index (χ1) is 11.5. The fourth-order valence-electron chi connectivity index (χ4n) is 2.40. The summed E-state index contributed by atoms with van der Waals surface area (Å²) in [4.78, 5) is 0.184. The van der Waals surface area contributed by atoms with Crippen molar-refractivity contribution in [3.8, 4) is 0 Å². The molecule has 0 aliphatic carbocycles. The second kappa shape index (κ2) is 6.46. The predicted octanol–water partition coefficient (Wildman–Crippen LogP) is 2.97. The largest absolute Gasteiger partial charge is 0.362 e. The molecule has 0 bridgehead atoms. The molecule has 0 unspecified atom stereocenters. The van der Waals surface area contributed by atoms with Gasteiger partial charge in [-0.05, 0) is 36.8 Å². The third kappa shape index (κ3) is 2.91. The van der Waals surface area contributed by atoms with E-state index in [0.717, 1.165) is 5.56 Å². The van der Waals surface area contributed by atoms with Gasteiger partial charge in [-0.1, -0.05) is 35.5 Å². The van der Waals surface area contributed by atoms with Crippen LogP contribution in [0.3, 0.4) is 0 Å². The number of nitrogens with zero attached hydrogens (tertiary/aromatic N) is 2. The predicted molar refractivity (Wildman–Crippen MR) is 91.3 cm³/mol. The van der Waals surface area contributed by atoms with Crippen LogP contribution in [-0.4, -0.2) is 13.6 Å². The van der Waals surface area contributed by atoms with Crippen molar-refractivity contribution in [1.29, 1.82) is 0 Å². The summed E-state index contributed by atoms with van der Waals surface area (Å²) in [7, 11) is -3.83. The molecule has 0 spiro atoms. The Labute approximate surface area is 140 Å². The first-order valence-corrected chi connectivity index (χ1v) is 8.78. The summed E-state index contributed by atoms with van der Waals surface area (Å²) in [5.41, 5.74) is 7.84. The quantitative estimate of drug-likeness (QED) is 0.769. The summed E-state index contributed by atoms with van der Waals surface area (Å²) in [6.07, 6.45) is 1.32. The summed E-state index contributed by atoms with van der Waals surface area (Å²) < 4.78 is 32.6. The third-order valence-electron chi connectivity index (χ3n) is 3.61. The lowest BCUT2D eigenvalue weighted by molar-refractivity contribution is 0.415. The summed E-state index contributed by atoms with van der Waals surface area (Å²) in [6, 6.07) is 15.3. The molecule has 2 aromatic carbocycles. The minimum atomic E-state index is -3.83. The van der Waals surface area contributed by atoms with Gasteiger partial charge in [-0.3, -0.25) is 0 Å². The normalized spacial score (nSPS) is 11.4. The van der Waals surface area contributed by atoms with Gasteiger partial charge in [-0.2, -0.15) is 0 Å². The van der Waals surface area contributed by atoms with Gasteiger partial charge in [0, 0.05) is 6.54 Å². The van der Waals surface area contributed by atoms with E-state index in [2.05, 4.69) is 5.16 Å². The lowest BCUT2D eigenvalue weighted by Gasteiger charge is -2.23. The molecule has 6 nitrogen and oxygen atoms in total. The molecule has 1 aromatic heterocycles. The number of hydrogen-bond acceptors (Lipinski definition) is 5. The highest BCUT2D eigenvalue weighted by Gasteiger charge is 2.29. The zero-order valence-electron chi connectivity index (χ0n) is 13.1. The van der Waals surface area contributed by atoms with Gasteiger partial charge in [-0.15, -0.1) is 0 Å². The molecule has 24 heavy (non-hydrogen) atoms. The van der Waals surface area contributed by atoms with Crippen molar-refractivity contribution >= 4 is 21.4 Å². The molecule has 2 N–H and O–H groups in total. The monoisotopic (exact) mass is 343 g/mol. The fraction of sp³-hybridized carbons (Fsp3) is 0.118. The van der Waals surface area contributed by atoms with Gasteiger partial charge < -0.3 is 10.3 Å². The Bertz CT molecular complexity index is 936. The van der Waals surface area contributed by atoms with Crippen LogP contribution in [0.25, 0.3) is 0 Å². The Morgan fingerprint density at radius 1 is 1.12 bits per heavy atom. The molecule has 0 fully saturated rings. The van der Waals surface area contributed by atoms with Crippen LogP contribution < -0.4 is 10.0 Å². The highest BCUT2D eigenvalue weighted by molar-refractivity contribution is 7.93. The number of aromatic nitrogens is 1. The fourth-order valence-corrected chi connectivity index (χ4v) is 3.93. The summed E-state index contributed by atoms with van der Waals surface area (Å²) >= 11 is 0. The Morgan fingerprint density at radius 3 is 2.50 bits per heavy atom. The van der Waals surface area contributed by atoms with E-state index in [-0.39, 0.29) is 4.90 Å². The number of nitrogens with two attached hydrogens (primary N) is 1. The zero-order chi connectivity index (χ0) is 17.2. The average molecular weight is 343 g/mol. The highest BCUT2D eigenvalue weighted by atomic mass is 32.2. The van der Waals surface area contributed by atoms with Crippen LogP contribution in [0.5, 0.6) is 0 Å². The second-order valence-corrected chi connectivity index (χ2v) is 7.03. The molecule has 7 heteroatoms. The van der Waals surface area contributed by atoms with Gasteiger partial charge in [0.2, 0.25) is 0 Å². The van der Waals surface area contributed by atoms with Crippen LogP contribution in [0.15, 0.2) is 70.3 Å². The van der Waals surface area contributed by atoms with Crippen LogP contribution in [-0.2, 0) is 16.6 Å². The molecule has 3 rings (SSSR count). The third-order valence-corrected chi connectivity index (χ3v) is 5.36. The molecule has 0 atom stereocenters. The maximum absolute atomic E-state index is 13.2. The standard InChI is InChI=1S/C17H17N3O3S/c1-13-17(12-23-19-13)20(15-7-5-6-14(10-15)11-18)24(21,22)16-8-3-2-4-9-16/h2-10,12H,11,18H2,1H3. The van der Waals surface area contributed by atoms with Gasteiger partial charge >= 0.3 is 0 Å². The maximum Gasteiger partial charge on any atom is 0.268 e. The van der Waals surface area contributed by atoms with Crippen LogP contribution in [0.1, 0.15) is 11.3 Å². The van der Waals surface area contributed by atoms with E-state index in [9.17, 15) is 8.42 Å². The van der Waals surface area contributed by atoms with Gasteiger partial charge in [0.1, 0.15) is 17.6 Å². The van der Waals surface area contributed by atoms with Crippen molar-refractivity contribution in [3.63, 3.8) is 0 Å². The Hall–Kier alpha value is -2.64. The minimum Gasteiger partial charge on any atom is -0.362 e. The van der Waals surface area contributed by atoms with Gasteiger partial charge in [-0.25, -0.2) is 12.7 Å². The number of anilines is 2. The Balaban J connectivity index is 2.22. The molecule has 0 saturated carbocycles. The molecule has 0 amide bonds. The first kappa shape index (κ1) is 16.2. The lowest BCUT2D eigenvalue weighted by atomic mass is 10.2. The molecule has 0 radical (unpaired) electrons. The molecular formula is C17H17N3O3S. The Morgan fingerprint density at radius 2 is 1.88 bits per heavy atom. The van der Waals surface area contributed by atoms with Crippen molar-refractivity contribution in [2.24, 2.45) is 5.73 Å². The van der Waals surface area contributed by atoms with E-state index in [0.29, 0.717) is 23.6 Å². The second-order valence-electron chi connectivity index (χ2n) is 5.24. The van der Waals surface area contributed by atoms with Crippen LogP contribution >= 0.6 is 0 Å². The first-order valence-electron chi connectivity index (χ1n) is 7.34. The number of benzene rings is 2. The van der Waals surface area contributed by atoms with Crippen molar-refractivity contribution in [3.05, 3.63) is 72.1 Å². The molecule has 0 aliphatic heterocycles. The van der Waals surface area contributed by atoms with Gasteiger partial charge in [0.05, 0.1) is 10.6 Å². The number of rotatable bonds is 5. The lowest BCUT2D eigenvalue weighted by Crippen LogP contribution is -2.26. The summed E-state index contributed by atoms with van der Waals surface area (Å²) in [5, 5.41) is 3.81. The molecule has 124 valence electrons. The average Bonchev–Trinajstić information content (AvgIpc) is 3.01. The summed E-state index contributed by atoms with van der Waals surface area (Å²) in [5.74, 6) is 0. The van der Waals surface area contributed by atoms with E-state index in [4.69, 9.17) is 10.3 Å². The van der Waals surface area contributed by atoms with Crippen molar-refractivity contribution < 1.29 is 12.9 Å². The van der Waals surface area contributed by atoms with E-state index >= 15 is 0 Å². The molecular weight excluding hydrogens is 326 g/mol. The summed E-state index contributed by atoms with van der Waals surface area (Å²) in [6.45, 7) is 2.01. The zero-order valence-corrected chi connectivity index (χ0v) is 13.9. The van der Waals surface area contributed by atoms with Crippen molar-refractivity contribution in [1.82, 2.24) is 5.16 Å². The smallest absolute Gasteiger partial charge is 0.268 e. The number of hydrogen-bond donors (Lipinski definition) is 1. The van der Waals surface area contributed by atoms with E-state index in [1.807, 2.05) is 6.07 Å². The Kier molecular flexibility index (Phi) is 4.37. The van der Waals surface area contributed by atoms with Crippen molar-refractivity contribution in [2.75, 3.05) is 4.31 Å². The van der Waals surface area contributed by atoms with E-state index in [1.165, 1.54) is 10.6 Å². The van der Waals surface area contributed by atoms with Crippen LogP contribution in [0.2, 0.25) is 0 Å². The SMILES string of the molecule is Cc1nocc1N(c1cccc(CN)c1)S(=O)(=O)c1ccccc1. The van der Waals surface area contributed by atoms with Crippen LogP contribution in [0, 0.1) is 6.92 Å². The number of aryl methyl sites for hydroxylation is 1. The highest BCUT2D eigenvalue weighted by Crippen LogP contribution is 2.34. The van der Waals surface area contributed by atoms with Crippen molar-refractivity contribution in [2.45, 2.75) is 18.4 Å². The molecule has 0 aliphatic rings. The molecule has 1 heterocycles. The maximum atomic E-state index is 13.2. The minimum absolute atomic E-state index is 0.184. The van der Waals surface area contributed by atoms with Crippen LogP contribution in [0.4, 0.5) is 11.4 Å². The van der Waals surface area contributed by atoms with Gasteiger partial charge in [0.15, 0.2) is 0 Å².